The summed E-state index contributed by atoms with van der Waals surface area (Å²) in [5.41, 5.74) is 0. The predicted octanol–water partition coefficient (Wildman–Crippen LogP) is 22.7. The zero-order chi connectivity index (χ0) is 74.6. The Morgan fingerprint density at radius 1 is 0.284 bits per heavy atom. The first-order chi connectivity index (χ1) is 49.7. The highest BCUT2D eigenvalue weighted by molar-refractivity contribution is 7.47. The predicted molar refractivity (Wildman–Crippen MR) is 417 cm³/mol. The summed E-state index contributed by atoms with van der Waals surface area (Å²) < 4.78 is 68.4. The molecule has 0 amide bonds. The molecule has 0 bridgehead atoms. The maximum Gasteiger partial charge on any atom is 0.472 e. The molecule has 102 heavy (non-hydrogen) atoms. The normalized spacial score (nSPS) is 14.7. The molecule has 0 aliphatic heterocycles. The Labute approximate surface area is 617 Å². The highest BCUT2D eigenvalue weighted by Gasteiger charge is 2.30. The number of ether oxygens (including phenoxy) is 4. The van der Waals surface area contributed by atoms with E-state index in [1.807, 2.05) is 0 Å². The molecule has 0 spiro atoms. The molecule has 5 unspecified atom stereocenters. The molecule has 0 aromatic carbocycles. The van der Waals surface area contributed by atoms with Crippen LogP contribution in [-0.2, 0) is 65.4 Å². The maximum absolute atomic E-state index is 13.1. The molecule has 0 aliphatic rings. The number of hydrogen-bond donors (Lipinski definition) is 3. The number of phosphoric acid groups is 2. The number of phosphoric ester groups is 2. The lowest BCUT2D eigenvalue weighted by Crippen LogP contribution is -2.30. The minimum atomic E-state index is -5.00. The smallest absolute Gasteiger partial charge is 0.462 e. The van der Waals surface area contributed by atoms with Gasteiger partial charge in [0.15, 0.2) is 12.2 Å². The van der Waals surface area contributed by atoms with Crippen LogP contribution in [-0.4, -0.2) is 96.7 Å². The van der Waals surface area contributed by atoms with Gasteiger partial charge in [-0.25, -0.2) is 9.13 Å². The lowest BCUT2D eigenvalue weighted by Gasteiger charge is -2.21. The van der Waals surface area contributed by atoms with E-state index in [-0.39, 0.29) is 25.7 Å². The van der Waals surface area contributed by atoms with E-state index in [0.717, 1.165) is 180 Å². The summed E-state index contributed by atoms with van der Waals surface area (Å²) in [6, 6.07) is 0. The topological polar surface area (TPSA) is 237 Å². The van der Waals surface area contributed by atoms with Gasteiger partial charge in [0.1, 0.15) is 19.3 Å². The summed E-state index contributed by atoms with van der Waals surface area (Å²) in [5.74, 6) is -2.27. The van der Waals surface area contributed by atoms with Crippen molar-refractivity contribution < 1.29 is 80.2 Å². The van der Waals surface area contributed by atoms with Crippen molar-refractivity contribution in [2.24, 2.45) is 0 Å². The van der Waals surface area contributed by atoms with Crippen LogP contribution in [0.3, 0.4) is 0 Å². The van der Waals surface area contributed by atoms with Gasteiger partial charge in [-0.1, -0.05) is 276 Å². The van der Waals surface area contributed by atoms with Crippen molar-refractivity contribution >= 4 is 39.5 Å². The number of carbonyl (C=O) groups excluding carboxylic acids is 4. The molecule has 0 aliphatic carbocycles. The molecule has 0 aromatic rings. The zero-order valence-electron chi connectivity index (χ0n) is 63.5. The van der Waals surface area contributed by atoms with Gasteiger partial charge in [0, 0.05) is 25.7 Å². The minimum absolute atomic E-state index is 0.0434. The second kappa shape index (κ2) is 74.2. The minimum Gasteiger partial charge on any atom is -0.462 e. The largest absolute Gasteiger partial charge is 0.472 e. The number of unbranched alkanes of at least 4 members (excludes halogenated alkanes) is 22. The zero-order valence-corrected chi connectivity index (χ0v) is 65.3. The highest BCUT2D eigenvalue weighted by atomic mass is 31.2. The lowest BCUT2D eigenvalue weighted by atomic mass is 10.1. The van der Waals surface area contributed by atoms with Crippen LogP contribution in [0.1, 0.15) is 297 Å². The number of rotatable bonds is 72. The fourth-order valence-corrected chi connectivity index (χ4v) is 11.5. The Hall–Kier alpha value is -5.06. The van der Waals surface area contributed by atoms with Crippen molar-refractivity contribution in [2.75, 3.05) is 39.6 Å². The van der Waals surface area contributed by atoms with E-state index in [2.05, 4.69) is 174 Å². The summed E-state index contributed by atoms with van der Waals surface area (Å²) in [4.78, 5) is 72.9. The first-order valence-electron chi connectivity index (χ1n) is 39.1. The van der Waals surface area contributed by atoms with Crippen molar-refractivity contribution in [3.63, 3.8) is 0 Å². The average molecular weight is 1470 g/mol. The van der Waals surface area contributed by atoms with Crippen LogP contribution in [0, 0.1) is 0 Å². The second-order valence-electron chi connectivity index (χ2n) is 25.5. The Morgan fingerprint density at radius 2 is 0.529 bits per heavy atom. The Bertz CT molecular complexity index is 2510. The molecule has 0 saturated heterocycles. The first kappa shape index (κ1) is 96.9. The molecule has 3 N–H and O–H groups in total. The van der Waals surface area contributed by atoms with Gasteiger partial charge in [-0.3, -0.25) is 37.3 Å². The molecule has 0 saturated carbocycles. The third-order valence-electron chi connectivity index (χ3n) is 15.8. The van der Waals surface area contributed by atoms with Crippen molar-refractivity contribution in [1.29, 1.82) is 0 Å². The molecule has 582 valence electrons. The molecule has 5 atom stereocenters. The van der Waals surface area contributed by atoms with E-state index in [1.165, 1.54) is 38.5 Å². The number of carbonyl (C=O) groups is 4. The third-order valence-corrected chi connectivity index (χ3v) is 17.7. The fourth-order valence-electron chi connectivity index (χ4n) is 9.90. The summed E-state index contributed by atoms with van der Waals surface area (Å²) >= 11 is 0. The number of allylic oxidation sites excluding steroid dienone is 24. The molecule has 19 heteroatoms. The third kappa shape index (κ3) is 73.3. The Kier molecular flexibility index (Phi) is 70.5. The van der Waals surface area contributed by atoms with Crippen molar-refractivity contribution in [3.05, 3.63) is 146 Å². The molecular formula is C83H138O17P2. The van der Waals surface area contributed by atoms with Crippen molar-refractivity contribution in [2.45, 2.75) is 316 Å². The van der Waals surface area contributed by atoms with E-state index in [9.17, 15) is 43.2 Å². The van der Waals surface area contributed by atoms with Crippen molar-refractivity contribution in [1.82, 2.24) is 0 Å². The van der Waals surface area contributed by atoms with Crippen LogP contribution in [0.4, 0.5) is 0 Å². The fraction of sp³-hybridized carbons (Fsp3) is 0.663. The number of aliphatic hydroxyl groups excluding tert-OH is 1. The second-order valence-corrected chi connectivity index (χ2v) is 28.4. The van der Waals surface area contributed by atoms with Gasteiger partial charge >= 0.3 is 39.5 Å². The summed E-state index contributed by atoms with van der Waals surface area (Å²) in [6.07, 6.45) is 84.1. The van der Waals surface area contributed by atoms with Crippen molar-refractivity contribution in [3.8, 4) is 0 Å². The number of esters is 4. The van der Waals surface area contributed by atoms with Gasteiger partial charge in [-0.05, 0) is 141 Å². The molecular weight excluding hydrogens is 1330 g/mol. The molecule has 0 heterocycles. The summed E-state index contributed by atoms with van der Waals surface area (Å²) in [6.45, 7) is 4.48. The lowest BCUT2D eigenvalue weighted by molar-refractivity contribution is -0.161. The van der Waals surface area contributed by atoms with Crippen LogP contribution < -0.4 is 0 Å². The summed E-state index contributed by atoms with van der Waals surface area (Å²) in [7, 11) is -9.98. The van der Waals surface area contributed by atoms with Crippen LogP contribution in [0.2, 0.25) is 0 Å². The van der Waals surface area contributed by atoms with E-state index in [1.54, 1.807) is 0 Å². The van der Waals surface area contributed by atoms with Gasteiger partial charge in [0.25, 0.3) is 0 Å². The van der Waals surface area contributed by atoms with Crippen LogP contribution in [0.15, 0.2) is 146 Å². The highest BCUT2D eigenvalue weighted by Crippen LogP contribution is 2.45. The van der Waals surface area contributed by atoms with Crippen LogP contribution >= 0.6 is 15.6 Å². The monoisotopic (exact) mass is 1470 g/mol. The van der Waals surface area contributed by atoms with E-state index < -0.39 is 97.5 Å². The maximum atomic E-state index is 13.1. The van der Waals surface area contributed by atoms with E-state index in [0.29, 0.717) is 25.7 Å². The van der Waals surface area contributed by atoms with Gasteiger partial charge in [-0.2, -0.15) is 0 Å². The van der Waals surface area contributed by atoms with Gasteiger partial charge in [0.2, 0.25) is 0 Å². The van der Waals surface area contributed by atoms with Gasteiger partial charge in [0.05, 0.1) is 26.4 Å². The molecule has 0 radical (unpaired) electrons. The Balaban J connectivity index is 5.43. The molecule has 0 rings (SSSR count). The Morgan fingerprint density at radius 3 is 0.833 bits per heavy atom. The molecule has 17 nitrogen and oxygen atoms in total. The molecule has 0 aromatic heterocycles. The quantitative estimate of drug-likeness (QED) is 0.0169. The van der Waals surface area contributed by atoms with Gasteiger partial charge in [-0.15, -0.1) is 0 Å². The standard InChI is InChI=1S/C83H138O17P2/c1-5-9-13-17-21-25-29-32-34-36-38-40-42-45-49-52-56-60-64-68-81(86)94-74-79(100-83(88)70-66-62-58-54-50-46-43-41-39-37-35-33-30-26-22-18-14-10-6-2)76-98-102(91,92)96-72-77(84)71-95-101(89,90)97-75-78(99-82(87)69-65-61-57-53-47-28-24-20-16-12-8-4)73-93-80(85)67-63-59-55-51-48-44-31-27-23-19-15-11-7-3/h9-10,13-15,19,21-22,25-27,31-35,38-41,45-46,49-50,77-79,84H,5-8,11-12,16-18,20,23-24,28-30,36-37,42-44,47-48,51-76H2,1-4H3,(H,89,90)(H,91,92)/b13-9-,14-10-,19-15-,25-21-,26-22-,31-27-,34-32-,35-33-,40-38-,41-39-,49-45-,50-46-. The number of hydrogen-bond acceptors (Lipinski definition) is 15. The molecule has 0 fully saturated rings. The SMILES string of the molecule is CC/C=C\C/C=C\C/C=C\C/C=C\C/C=C\CCCCCC(=O)OCC(COP(=O)(O)OCC(O)COP(=O)(O)OCC(COC(=O)CCCCCCC/C=C\C/C=C\CCC)OC(=O)CCCCCCCCCCCCC)OC(=O)CCCCC/C=C\C/C=C\C/C=C\C/C=C\C/C=C\CC. The van der Waals surface area contributed by atoms with Gasteiger partial charge < -0.3 is 33.8 Å². The average Bonchev–Trinajstić information content (AvgIpc) is 0.940. The summed E-state index contributed by atoms with van der Waals surface area (Å²) in [5, 5.41) is 10.6. The van der Waals surface area contributed by atoms with E-state index in [4.69, 9.17) is 37.0 Å². The van der Waals surface area contributed by atoms with Crippen LogP contribution in [0.5, 0.6) is 0 Å². The first-order valence-corrected chi connectivity index (χ1v) is 42.1. The van der Waals surface area contributed by atoms with Crippen LogP contribution in [0.25, 0.3) is 0 Å². The van der Waals surface area contributed by atoms with E-state index >= 15 is 0 Å². The number of aliphatic hydroxyl groups is 1.